The molecule has 0 aliphatic rings. The lowest BCUT2D eigenvalue weighted by atomic mass is 10.3. The highest BCUT2D eigenvalue weighted by Crippen LogP contribution is 2.15. The summed E-state index contributed by atoms with van der Waals surface area (Å²) in [6.45, 7) is -0.212. The van der Waals surface area contributed by atoms with Crippen LogP contribution in [0.5, 0.6) is 5.75 Å². The smallest absolute Gasteiger partial charge is 0.276 e. The first-order valence-corrected chi connectivity index (χ1v) is 7.58. The van der Waals surface area contributed by atoms with Gasteiger partial charge in [-0.2, -0.15) is 0 Å². The van der Waals surface area contributed by atoms with Gasteiger partial charge in [-0.15, -0.1) is 11.3 Å². The minimum absolute atomic E-state index is 0.212. The van der Waals surface area contributed by atoms with Crippen LogP contribution >= 0.6 is 22.9 Å². The molecule has 22 heavy (non-hydrogen) atoms. The van der Waals surface area contributed by atoms with E-state index in [0.29, 0.717) is 10.8 Å². The molecule has 2 rings (SSSR count). The molecular formula is C15H13ClN2O3S. The SMILES string of the molecule is O=C(C=Cc1cccs1)NNC(=O)COc1ccc(Cl)cc1. The molecule has 0 aliphatic carbocycles. The number of thiophene rings is 1. The summed E-state index contributed by atoms with van der Waals surface area (Å²) in [6.07, 6.45) is 3.00. The number of nitrogens with one attached hydrogen (secondary N) is 2. The van der Waals surface area contributed by atoms with Crippen molar-refractivity contribution >= 4 is 40.8 Å². The Morgan fingerprint density at radius 1 is 1.18 bits per heavy atom. The predicted molar refractivity (Wildman–Crippen MR) is 86.6 cm³/mol. The lowest BCUT2D eigenvalue weighted by Gasteiger charge is -2.07. The average molecular weight is 337 g/mol. The molecule has 0 fully saturated rings. The zero-order valence-corrected chi connectivity index (χ0v) is 13.0. The van der Waals surface area contributed by atoms with E-state index in [9.17, 15) is 9.59 Å². The second kappa shape index (κ2) is 8.21. The van der Waals surface area contributed by atoms with Crippen molar-refractivity contribution in [2.24, 2.45) is 0 Å². The van der Waals surface area contributed by atoms with Gasteiger partial charge in [0.05, 0.1) is 0 Å². The van der Waals surface area contributed by atoms with Gasteiger partial charge in [0, 0.05) is 16.0 Å². The van der Waals surface area contributed by atoms with Crippen molar-refractivity contribution in [1.29, 1.82) is 0 Å². The Morgan fingerprint density at radius 3 is 2.64 bits per heavy atom. The largest absolute Gasteiger partial charge is 0.484 e. The number of benzene rings is 1. The van der Waals surface area contributed by atoms with E-state index in [4.69, 9.17) is 16.3 Å². The molecule has 114 valence electrons. The van der Waals surface area contributed by atoms with Gasteiger partial charge in [0.15, 0.2) is 6.61 Å². The average Bonchev–Trinajstić information content (AvgIpc) is 3.04. The van der Waals surface area contributed by atoms with Crippen molar-refractivity contribution in [3.8, 4) is 5.75 Å². The van der Waals surface area contributed by atoms with Crippen LogP contribution in [-0.4, -0.2) is 18.4 Å². The van der Waals surface area contributed by atoms with E-state index in [-0.39, 0.29) is 6.61 Å². The summed E-state index contributed by atoms with van der Waals surface area (Å²) >= 11 is 7.25. The first kappa shape index (κ1) is 16.1. The molecule has 0 unspecified atom stereocenters. The number of amides is 2. The Balaban J connectivity index is 1.68. The predicted octanol–water partition coefficient (Wildman–Crippen LogP) is 2.64. The van der Waals surface area contributed by atoms with Crippen LogP contribution in [0.2, 0.25) is 5.02 Å². The molecule has 1 aromatic heterocycles. The number of hydrogen-bond acceptors (Lipinski definition) is 4. The Bertz CT molecular complexity index is 654. The van der Waals surface area contributed by atoms with E-state index in [1.807, 2.05) is 17.5 Å². The van der Waals surface area contributed by atoms with Gasteiger partial charge in [0.25, 0.3) is 11.8 Å². The molecule has 0 aliphatic heterocycles. The Hall–Kier alpha value is -2.31. The minimum Gasteiger partial charge on any atom is -0.484 e. The lowest BCUT2D eigenvalue weighted by Crippen LogP contribution is -2.43. The van der Waals surface area contributed by atoms with E-state index in [1.54, 1.807) is 30.3 Å². The molecule has 0 saturated heterocycles. The number of rotatable bonds is 5. The third-order valence-electron chi connectivity index (χ3n) is 2.45. The van der Waals surface area contributed by atoms with Gasteiger partial charge in [0.2, 0.25) is 0 Å². The molecule has 7 heteroatoms. The summed E-state index contributed by atoms with van der Waals surface area (Å²) in [6, 6.07) is 10.4. The van der Waals surface area contributed by atoms with E-state index < -0.39 is 11.8 Å². The summed E-state index contributed by atoms with van der Waals surface area (Å²) in [5.41, 5.74) is 4.53. The summed E-state index contributed by atoms with van der Waals surface area (Å²) in [4.78, 5) is 24.0. The van der Waals surface area contributed by atoms with Gasteiger partial charge in [-0.05, 0) is 41.8 Å². The standard InChI is InChI=1S/C15H13ClN2O3S/c16-11-3-5-12(6-4-11)21-10-15(20)18-17-14(19)8-7-13-2-1-9-22-13/h1-9H,10H2,(H,17,19)(H,18,20). The number of carbonyl (C=O) groups excluding carboxylic acids is 2. The van der Waals surface area contributed by atoms with Crippen LogP contribution in [0.1, 0.15) is 4.88 Å². The van der Waals surface area contributed by atoms with E-state index in [1.165, 1.54) is 17.4 Å². The highest BCUT2D eigenvalue weighted by molar-refractivity contribution is 7.10. The Morgan fingerprint density at radius 2 is 1.95 bits per heavy atom. The van der Waals surface area contributed by atoms with Crippen molar-refractivity contribution in [3.05, 3.63) is 57.8 Å². The molecule has 0 radical (unpaired) electrons. The van der Waals surface area contributed by atoms with Crippen LogP contribution in [0.3, 0.4) is 0 Å². The second-order valence-electron chi connectivity index (χ2n) is 4.13. The zero-order valence-electron chi connectivity index (χ0n) is 11.4. The van der Waals surface area contributed by atoms with E-state index in [0.717, 1.165) is 4.88 Å². The monoisotopic (exact) mass is 336 g/mol. The topological polar surface area (TPSA) is 67.4 Å². The third-order valence-corrected chi connectivity index (χ3v) is 3.54. The molecular weight excluding hydrogens is 324 g/mol. The van der Waals surface area contributed by atoms with Crippen molar-refractivity contribution in [2.75, 3.05) is 6.61 Å². The maximum Gasteiger partial charge on any atom is 0.276 e. The van der Waals surface area contributed by atoms with Crippen molar-refractivity contribution in [3.63, 3.8) is 0 Å². The molecule has 0 bridgehead atoms. The molecule has 0 saturated carbocycles. The molecule has 2 aromatic rings. The van der Waals surface area contributed by atoms with Gasteiger partial charge in [0.1, 0.15) is 5.75 Å². The first-order valence-electron chi connectivity index (χ1n) is 6.32. The Kier molecular flexibility index (Phi) is 6.00. The third kappa shape index (κ3) is 5.59. The van der Waals surface area contributed by atoms with Gasteiger partial charge in [-0.25, -0.2) is 0 Å². The second-order valence-corrected chi connectivity index (χ2v) is 5.54. The fraction of sp³-hybridized carbons (Fsp3) is 0.0667. The number of hydrogen-bond donors (Lipinski definition) is 2. The number of ether oxygens (including phenoxy) is 1. The van der Waals surface area contributed by atoms with Crippen molar-refractivity contribution in [1.82, 2.24) is 10.9 Å². The highest BCUT2D eigenvalue weighted by atomic mass is 35.5. The van der Waals surface area contributed by atoms with Crippen LogP contribution in [0.15, 0.2) is 47.9 Å². The maximum absolute atomic E-state index is 11.5. The summed E-state index contributed by atoms with van der Waals surface area (Å²) in [5, 5.41) is 2.49. The summed E-state index contributed by atoms with van der Waals surface area (Å²) < 4.78 is 5.24. The molecule has 0 atom stereocenters. The van der Waals surface area contributed by atoms with Crippen molar-refractivity contribution in [2.45, 2.75) is 0 Å². The Labute approximate surface area is 136 Å². The molecule has 2 amide bonds. The lowest BCUT2D eigenvalue weighted by molar-refractivity contribution is -0.128. The molecule has 1 aromatic carbocycles. The molecule has 1 heterocycles. The van der Waals surface area contributed by atoms with Crippen LogP contribution in [0, 0.1) is 0 Å². The van der Waals surface area contributed by atoms with Crippen LogP contribution in [0.4, 0.5) is 0 Å². The van der Waals surface area contributed by atoms with E-state index in [2.05, 4.69) is 10.9 Å². The van der Waals surface area contributed by atoms with Gasteiger partial charge in [-0.1, -0.05) is 17.7 Å². The molecule has 5 nitrogen and oxygen atoms in total. The van der Waals surface area contributed by atoms with E-state index >= 15 is 0 Å². The zero-order chi connectivity index (χ0) is 15.8. The normalized spacial score (nSPS) is 10.4. The molecule has 0 spiro atoms. The quantitative estimate of drug-likeness (QED) is 0.651. The minimum atomic E-state index is -0.465. The number of halogens is 1. The van der Waals surface area contributed by atoms with Gasteiger partial charge in [-0.3, -0.25) is 20.4 Å². The van der Waals surface area contributed by atoms with Crippen LogP contribution in [0.25, 0.3) is 6.08 Å². The fourth-order valence-electron chi connectivity index (χ4n) is 1.43. The van der Waals surface area contributed by atoms with Crippen molar-refractivity contribution < 1.29 is 14.3 Å². The number of carbonyl (C=O) groups is 2. The maximum atomic E-state index is 11.5. The van der Waals surface area contributed by atoms with Crippen LogP contribution < -0.4 is 15.6 Å². The van der Waals surface area contributed by atoms with Gasteiger partial charge >= 0.3 is 0 Å². The fourth-order valence-corrected chi connectivity index (χ4v) is 2.18. The first-order chi connectivity index (χ1) is 10.6. The highest BCUT2D eigenvalue weighted by Gasteiger charge is 2.03. The summed E-state index contributed by atoms with van der Waals surface area (Å²) in [5.74, 6) is -0.371. The van der Waals surface area contributed by atoms with Gasteiger partial charge < -0.3 is 4.74 Å². The van der Waals surface area contributed by atoms with Crippen LogP contribution in [-0.2, 0) is 9.59 Å². The summed E-state index contributed by atoms with van der Waals surface area (Å²) in [7, 11) is 0. The number of hydrazine groups is 1. The molecule has 2 N–H and O–H groups in total.